The van der Waals surface area contributed by atoms with Crippen LogP contribution in [-0.2, 0) is 30.5 Å². The minimum Gasteiger partial charge on any atom is -0.352 e. The zero-order valence-corrected chi connectivity index (χ0v) is 23.0. The van der Waals surface area contributed by atoms with Crippen molar-refractivity contribution in [1.29, 1.82) is 0 Å². The van der Waals surface area contributed by atoms with E-state index in [-0.39, 0.29) is 24.7 Å². The van der Waals surface area contributed by atoms with Crippen molar-refractivity contribution in [3.63, 3.8) is 0 Å². The summed E-state index contributed by atoms with van der Waals surface area (Å²) >= 11 is 6.36. The summed E-state index contributed by atoms with van der Waals surface area (Å²) in [6, 6.07) is 17.9. The molecule has 0 saturated carbocycles. The summed E-state index contributed by atoms with van der Waals surface area (Å²) in [5, 5.41) is 4.11. The van der Waals surface area contributed by atoms with E-state index in [2.05, 4.69) is 5.32 Å². The number of alkyl halides is 3. The Morgan fingerprint density at radius 3 is 2.18 bits per heavy atom. The first-order valence-corrected chi connectivity index (χ1v) is 13.1. The number of rotatable bonds is 7. The molecular formula is C31H30ClF3N2O2. The highest BCUT2D eigenvalue weighted by Gasteiger charge is 2.30. The van der Waals surface area contributed by atoms with Crippen LogP contribution in [0.4, 0.5) is 13.2 Å². The Balaban J connectivity index is 1.57. The Hall–Kier alpha value is -3.58. The molecule has 0 unspecified atom stereocenters. The number of halogens is 4. The average molecular weight is 555 g/mol. The number of carbonyl (C=O) groups is 2. The van der Waals surface area contributed by atoms with Gasteiger partial charge in [-0.25, -0.2) is 0 Å². The first kappa shape index (κ1) is 28.4. The van der Waals surface area contributed by atoms with Gasteiger partial charge in [-0.05, 0) is 66.1 Å². The van der Waals surface area contributed by atoms with E-state index in [9.17, 15) is 22.8 Å². The van der Waals surface area contributed by atoms with Crippen LogP contribution in [0.25, 0.3) is 22.2 Å². The van der Waals surface area contributed by atoms with Gasteiger partial charge in [-0.2, -0.15) is 13.2 Å². The number of carbonyl (C=O) groups excluding carboxylic acids is 2. The molecule has 4 aromatic rings. The SMILES string of the molecule is CCn1c(-c2ccc(C(F)(F)F)cc2)cc2cc(CC(=O)c3cc(CNC(=O)C(C)(C)C)ccc3Cl)ccc21. The second-order valence-corrected chi connectivity index (χ2v) is 11.0. The van der Waals surface area contributed by atoms with Gasteiger partial charge in [0.2, 0.25) is 5.91 Å². The molecular weight excluding hydrogens is 525 g/mol. The Labute approximate surface area is 230 Å². The van der Waals surface area contributed by atoms with Crippen molar-refractivity contribution in [2.75, 3.05) is 0 Å². The molecule has 204 valence electrons. The first-order chi connectivity index (χ1) is 18.3. The molecule has 1 N–H and O–H groups in total. The lowest BCUT2D eigenvalue weighted by Gasteiger charge is -2.18. The van der Waals surface area contributed by atoms with Gasteiger partial charge in [-0.1, -0.05) is 56.6 Å². The molecule has 1 amide bonds. The highest BCUT2D eigenvalue weighted by atomic mass is 35.5. The van der Waals surface area contributed by atoms with Crippen LogP contribution >= 0.6 is 11.6 Å². The highest BCUT2D eigenvalue weighted by Crippen LogP contribution is 2.33. The van der Waals surface area contributed by atoms with E-state index in [1.165, 1.54) is 12.1 Å². The monoisotopic (exact) mass is 554 g/mol. The van der Waals surface area contributed by atoms with Crippen LogP contribution in [0.15, 0.2) is 66.7 Å². The number of ketones is 1. The fourth-order valence-electron chi connectivity index (χ4n) is 4.46. The number of fused-ring (bicyclic) bond motifs is 1. The third-order valence-corrected chi connectivity index (χ3v) is 6.95. The number of nitrogens with one attached hydrogen (secondary N) is 1. The number of hydrogen-bond acceptors (Lipinski definition) is 2. The molecule has 8 heteroatoms. The number of Topliss-reactive ketones (excluding diaryl/α,β-unsaturated/α-hetero) is 1. The topological polar surface area (TPSA) is 51.1 Å². The van der Waals surface area contributed by atoms with Crippen LogP contribution in [0, 0.1) is 5.41 Å². The number of hydrogen-bond donors (Lipinski definition) is 1. The van der Waals surface area contributed by atoms with Gasteiger partial charge in [0.05, 0.1) is 10.6 Å². The lowest BCUT2D eigenvalue weighted by atomic mass is 9.95. The molecule has 0 fully saturated rings. The van der Waals surface area contributed by atoms with Gasteiger partial charge < -0.3 is 9.88 Å². The molecule has 0 spiro atoms. The van der Waals surface area contributed by atoms with E-state index in [1.54, 1.807) is 18.2 Å². The van der Waals surface area contributed by atoms with Gasteiger partial charge in [-0.3, -0.25) is 9.59 Å². The molecule has 0 aliphatic heterocycles. The number of nitrogens with zero attached hydrogens (tertiary/aromatic N) is 1. The van der Waals surface area contributed by atoms with E-state index >= 15 is 0 Å². The zero-order valence-electron chi connectivity index (χ0n) is 22.2. The van der Waals surface area contributed by atoms with Crippen molar-refractivity contribution >= 4 is 34.2 Å². The molecule has 0 bridgehead atoms. The Morgan fingerprint density at radius 2 is 1.56 bits per heavy atom. The van der Waals surface area contributed by atoms with Crippen molar-refractivity contribution in [2.45, 2.75) is 53.4 Å². The number of aromatic nitrogens is 1. The van der Waals surface area contributed by atoms with E-state index in [1.807, 2.05) is 56.5 Å². The summed E-state index contributed by atoms with van der Waals surface area (Å²) in [4.78, 5) is 25.4. The lowest BCUT2D eigenvalue weighted by molar-refractivity contribution is -0.137. The number of aryl methyl sites for hydroxylation is 1. The fraction of sp³-hybridized carbons (Fsp3) is 0.290. The Kier molecular flexibility index (Phi) is 7.94. The van der Waals surface area contributed by atoms with Gasteiger partial charge in [0.25, 0.3) is 0 Å². The van der Waals surface area contributed by atoms with E-state index in [0.29, 0.717) is 22.7 Å². The maximum absolute atomic E-state index is 13.2. The molecule has 0 saturated heterocycles. The van der Waals surface area contributed by atoms with Crippen molar-refractivity contribution < 1.29 is 22.8 Å². The number of benzene rings is 3. The summed E-state index contributed by atoms with van der Waals surface area (Å²) < 4.78 is 41.1. The molecule has 0 atom stereocenters. The van der Waals surface area contributed by atoms with Crippen molar-refractivity contribution in [1.82, 2.24) is 9.88 Å². The van der Waals surface area contributed by atoms with Gasteiger partial charge in [-0.15, -0.1) is 0 Å². The fourth-order valence-corrected chi connectivity index (χ4v) is 4.69. The Bertz CT molecular complexity index is 1530. The van der Waals surface area contributed by atoms with Crippen LogP contribution in [0.2, 0.25) is 5.02 Å². The van der Waals surface area contributed by atoms with Crippen LogP contribution < -0.4 is 5.32 Å². The predicted molar refractivity (Wildman–Crippen MR) is 149 cm³/mol. The minimum absolute atomic E-state index is 0.0895. The lowest BCUT2D eigenvalue weighted by Crippen LogP contribution is -2.34. The summed E-state index contributed by atoms with van der Waals surface area (Å²) in [6.07, 6.45) is -4.26. The average Bonchev–Trinajstić information content (AvgIpc) is 3.24. The van der Waals surface area contributed by atoms with Gasteiger partial charge in [0.15, 0.2) is 5.78 Å². The van der Waals surface area contributed by atoms with E-state index in [4.69, 9.17) is 11.6 Å². The third kappa shape index (κ3) is 6.36. The Morgan fingerprint density at radius 1 is 0.897 bits per heavy atom. The van der Waals surface area contributed by atoms with Gasteiger partial charge >= 0.3 is 6.18 Å². The molecule has 3 aromatic carbocycles. The molecule has 0 aliphatic carbocycles. The van der Waals surface area contributed by atoms with Crippen molar-refractivity contribution in [2.24, 2.45) is 5.41 Å². The number of amides is 1. The molecule has 1 aromatic heterocycles. The maximum Gasteiger partial charge on any atom is 0.416 e. The van der Waals surface area contributed by atoms with Crippen LogP contribution in [0.3, 0.4) is 0 Å². The molecule has 39 heavy (non-hydrogen) atoms. The largest absolute Gasteiger partial charge is 0.416 e. The summed E-state index contributed by atoms with van der Waals surface area (Å²) in [5.41, 5.74) is 3.16. The van der Waals surface area contributed by atoms with Gasteiger partial charge in [0, 0.05) is 47.1 Å². The normalized spacial score (nSPS) is 12.1. The van der Waals surface area contributed by atoms with E-state index < -0.39 is 17.2 Å². The van der Waals surface area contributed by atoms with E-state index in [0.717, 1.165) is 39.9 Å². The molecule has 1 heterocycles. The van der Waals surface area contributed by atoms with Crippen LogP contribution in [0.1, 0.15) is 54.7 Å². The summed E-state index contributed by atoms with van der Waals surface area (Å²) in [5.74, 6) is -0.241. The van der Waals surface area contributed by atoms with Gasteiger partial charge in [0.1, 0.15) is 0 Å². The maximum atomic E-state index is 13.2. The second kappa shape index (κ2) is 10.9. The quantitative estimate of drug-likeness (QED) is 0.235. The summed E-state index contributed by atoms with van der Waals surface area (Å²) in [6.45, 7) is 8.39. The molecule has 4 nitrogen and oxygen atoms in total. The van der Waals surface area contributed by atoms with Crippen molar-refractivity contribution in [3.05, 3.63) is 94.0 Å². The highest BCUT2D eigenvalue weighted by molar-refractivity contribution is 6.34. The second-order valence-electron chi connectivity index (χ2n) is 10.6. The molecule has 0 aliphatic rings. The predicted octanol–water partition coefficient (Wildman–Crippen LogP) is 8.09. The van der Waals surface area contributed by atoms with Crippen LogP contribution in [0.5, 0.6) is 0 Å². The zero-order chi connectivity index (χ0) is 28.5. The standard InChI is InChI=1S/C31H30ClF3N2O2/c1-5-37-26-13-7-19(14-22(26)17-27(37)21-8-10-23(11-9-21)31(33,34)35)16-28(38)24-15-20(6-12-25(24)32)18-36-29(39)30(2,3)4/h6-15,17H,5,16,18H2,1-4H3,(H,36,39). The molecule has 0 radical (unpaired) electrons. The smallest absolute Gasteiger partial charge is 0.352 e. The minimum atomic E-state index is -4.39. The molecule has 4 rings (SSSR count). The van der Waals surface area contributed by atoms with Crippen molar-refractivity contribution in [3.8, 4) is 11.3 Å². The summed E-state index contributed by atoms with van der Waals surface area (Å²) in [7, 11) is 0. The third-order valence-electron chi connectivity index (χ3n) is 6.62. The first-order valence-electron chi connectivity index (χ1n) is 12.7. The van der Waals surface area contributed by atoms with Crippen LogP contribution in [-0.4, -0.2) is 16.3 Å².